The highest BCUT2D eigenvalue weighted by molar-refractivity contribution is 5.84. The van der Waals surface area contributed by atoms with E-state index in [1.165, 1.54) is 13.0 Å². The van der Waals surface area contributed by atoms with Gasteiger partial charge in [-0.3, -0.25) is 4.79 Å². The Morgan fingerprint density at radius 2 is 1.70 bits per heavy atom. The van der Waals surface area contributed by atoms with E-state index in [1.807, 2.05) is 20.8 Å². The largest absolute Gasteiger partial charge is 0.368 e. The summed E-state index contributed by atoms with van der Waals surface area (Å²) in [5.74, 6) is -0.254. The van der Waals surface area contributed by atoms with Crippen molar-refractivity contribution in [2.45, 2.75) is 52.1 Å². The van der Waals surface area contributed by atoms with Crippen molar-refractivity contribution in [3.05, 3.63) is 0 Å². The van der Waals surface area contributed by atoms with Crippen LogP contribution in [0.1, 0.15) is 40.5 Å². The lowest BCUT2D eigenvalue weighted by molar-refractivity contribution is -0.124. The normalized spacial score (nSPS) is 21.1. The summed E-state index contributed by atoms with van der Waals surface area (Å²) in [6.07, 6.45) is 1.99. The smallest absolute Gasteiger partial charge is 0.237 e. The van der Waals surface area contributed by atoms with Crippen molar-refractivity contribution in [2.75, 3.05) is 39.3 Å². The summed E-state index contributed by atoms with van der Waals surface area (Å²) in [6.45, 7) is 14.8. The van der Waals surface area contributed by atoms with Crippen LogP contribution in [-0.2, 0) is 4.79 Å². The molecule has 1 aliphatic heterocycles. The molecule has 1 fully saturated rings. The van der Waals surface area contributed by atoms with Crippen LogP contribution in [0, 0.1) is 0 Å². The maximum atomic E-state index is 11.7. The predicted octanol–water partition coefficient (Wildman–Crippen LogP) is 0.646. The van der Waals surface area contributed by atoms with E-state index in [-0.39, 0.29) is 11.9 Å². The number of nitrogens with two attached hydrogens (primary N) is 1. The summed E-state index contributed by atoms with van der Waals surface area (Å²) < 4.78 is 0. The Kier molecular flexibility index (Phi) is 6.92. The van der Waals surface area contributed by atoms with Crippen LogP contribution in [0.15, 0.2) is 0 Å². The summed E-state index contributed by atoms with van der Waals surface area (Å²) in [5, 5.41) is 3.31. The molecule has 5 heteroatoms. The fraction of sp³-hybridized carbons (Fsp3) is 0.933. The van der Waals surface area contributed by atoms with Crippen LogP contribution in [0.3, 0.4) is 0 Å². The maximum Gasteiger partial charge on any atom is 0.237 e. The van der Waals surface area contributed by atoms with Gasteiger partial charge in [0.05, 0.1) is 5.54 Å². The highest BCUT2D eigenvalue weighted by Crippen LogP contribution is 2.13. The molecule has 0 aromatic rings. The molecule has 0 bridgehead atoms. The Bertz CT molecular complexity index is 300. The fourth-order valence-corrected chi connectivity index (χ4v) is 2.84. The van der Waals surface area contributed by atoms with Crippen molar-refractivity contribution in [1.29, 1.82) is 0 Å². The van der Waals surface area contributed by atoms with Crippen molar-refractivity contribution in [3.63, 3.8) is 0 Å². The van der Waals surface area contributed by atoms with E-state index < -0.39 is 5.54 Å². The Morgan fingerprint density at radius 3 is 2.10 bits per heavy atom. The first-order valence-electron chi connectivity index (χ1n) is 7.89. The Morgan fingerprint density at radius 1 is 1.20 bits per heavy atom. The van der Waals surface area contributed by atoms with Crippen LogP contribution in [0.25, 0.3) is 0 Å². The predicted molar refractivity (Wildman–Crippen MR) is 83.7 cm³/mol. The van der Waals surface area contributed by atoms with E-state index in [1.54, 1.807) is 0 Å². The Hall–Kier alpha value is -0.650. The summed E-state index contributed by atoms with van der Waals surface area (Å²) in [6, 6.07) is 0.258. The molecule has 118 valence electrons. The zero-order chi connectivity index (χ0) is 15.2. The van der Waals surface area contributed by atoms with E-state index >= 15 is 0 Å². The minimum absolute atomic E-state index is 0.254. The third-order valence-corrected chi connectivity index (χ3v) is 4.08. The molecule has 1 atom stereocenters. The van der Waals surface area contributed by atoms with Gasteiger partial charge in [0.1, 0.15) is 0 Å². The third kappa shape index (κ3) is 5.38. The summed E-state index contributed by atoms with van der Waals surface area (Å²) >= 11 is 0. The molecule has 1 rings (SSSR count). The number of hydrogen-bond donors (Lipinski definition) is 2. The van der Waals surface area contributed by atoms with E-state index in [4.69, 9.17) is 5.73 Å². The molecule has 0 aromatic heterocycles. The van der Waals surface area contributed by atoms with E-state index in [0.29, 0.717) is 0 Å². The van der Waals surface area contributed by atoms with Gasteiger partial charge < -0.3 is 20.9 Å². The molecule has 1 saturated heterocycles. The number of hydrogen-bond acceptors (Lipinski definition) is 4. The SMILES string of the molecule is CCCN1CCN(CCC(C)(NC(C)C)C(N)=O)CC1. The monoisotopic (exact) mass is 284 g/mol. The fourth-order valence-electron chi connectivity index (χ4n) is 2.84. The molecular weight excluding hydrogens is 252 g/mol. The van der Waals surface area contributed by atoms with E-state index in [9.17, 15) is 4.79 Å². The maximum absolute atomic E-state index is 11.7. The highest BCUT2D eigenvalue weighted by atomic mass is 16.1. The summed E-state index contributed by atoms with van der Waals surface area (Å²) in [4.78, 5) is 16.6. The van der Waals surface area contributed by atoms with Gasteiger partial charge in [-0.05, 0) is 40.2 Å². The molecule has 5 nitrogen and oxygen atoms in total. The summed E-state index contributed by atoms with van der Waals surface area (Å²) in [5.41, 5.74) is 4.97. The van der Waals surface area contributed by atoms with Crippen molar-refractivity contribution in [1.82, 2.24) is 15.1 Å². The van der Waals surface area contributed by atoms with Gasteiger partial charge in [-0.15, -0.1) is 0 Å². The van der Waals surface area contributed by atoms with Gasteiger partial charge in [0.15, 0.2) is 0 Å². The first-order valence-corrected chi connectivity index (χ1v) is 7.89. The molecule has 1 heterocycles. The first kappa shape index (κ1) is 17.4. The number of carbonyl (C=O) groups excluding carboxylic acids is 1. The van der Waals surface area contributed by atoms with E-state index in [0.717, 1.165) is 39.1 Å². The average Bonchev–Trinajstić information content (AvgIpc) is 2.37. The minimum atomic E-state index is -0.602. The van der Waals surface area contributed by atoms with E-state index in [2.05, 4.69) is 22.0 Å². The van der Waals surface area contributed by atoms with Crippen LogP contribution in [-0.4, -0.2) is 66.6 Å². The summed E-state index contributed by atoms with van der Waals surface area (Å²) in [7, 11) is 0. The number of amides is 1. The lowest BCUT2D eigenvalue weighted by Gasteiger charge is -2.37. The Labute approximate surface area is 123 Å². The zero-order valence-corrected chi connectivity index (χ0v) is 13.6. The molecule has 1 aliphatic rings. The van der Waals surface area contributed by atoms with Gasteiger partial charge in [-0.1, -0.05) is 6.92 Å². The van der Waals surface area contributed by atoms with Gasteiger partial charge in [-0.25, -0.2) is 0 Å². The van der Waals surface area contributed by atoms with Crippen molar-refractivity contribution < 1.29 is 4.79 Å². The Balaban J connectivity index is 2.39. The van der Waals surface area contributed by atoms with Gasteiger partial charge in [-0.2, -0.15) is 0 Å². The highest BCUT2D eigenvalue weighted by Gasteiger charge is 2.32. The molecular formula is C15H32N4O. The average molecular weight is 284 g/mol. The number of carbonyl (C=O) groups is 1. The molecule has 0 aromatic carbocycles. The van der Waals surface area contributed by atoms with Crippen molar-refractivity contribution in [3.8, 4) is 0 Å². The molecule has 1 amide bonds. The van der Waals surface area contributed by atoms with Crippen LogP contribution in [0.2, 0.25) is 0 Å². The van der Waals surface area contributed by atoms with Crippen molar-refractivity contribution in [2.24, 2.45) is 5.73 Å². The van der Waals surface area contributed by atoms with Crippen LogP contribution >= 0.6 is 0 Å². The molecule has 0 spiro atoms. The molecule has 3 N–H and O–H groups in total. The number of primary amides is 1. The quantitative estimate of drug-likeness (QED) is 0.687. The van der Waals surface area contributed by atoms with Gasteiger partial charge in [0.25, 0.3) is 0 Å². The third-order valence-electron chi connectivity index (χ3n) is 4.08. The number of rotatable bonds is 8. The number of nitrogens with one attached hydrogen (secondary N) is 1. The van der Waals surface area contributed by atoms with Gasteiger partial charge >= 0.3 is 0 Å². The van der Waals surface area contributed by atoms with Gasteiger partial charge in [0, 0.05) is 38.8 Å². The standard InChI is InChI=1S/C15H32N4O/c1-5-7-18-9-11-19(12-10-18)8-6-15(4,14(16)20)17-13(2)3/h13,17H,5-12H2,1-4H3,(H2,16,20). The van der Waals surface area contributed by atoms with Gasteiger partial charge in [0.2, 0.25) is 5.91 Å². The second-order valence-corrected chi connectivity index (χ2v) is 6.43. The number of piperazine rings is 1. The lowest BCUT2D eigenvalue weighted by Crippen LogP contribution is -2.57. The minimum Gasteiger partial charge on any atom is -0.368 e. The lowest BCUT2D eigenvalue weighted by atomic mass is 9.95. The molecule has 0 saturated carbocycles. The molecule has 0 radical (unpaired) electrons. The topological polar surface area (TPSA) is 61.6 Å². The van der Waals surface area contributed by atoms with Crippen LogP contribution in [0.4, 0.5) is 0 Å². The van der Waals surface area contributed by atoms with Crippen molar-refractivity contribution >= 4 is 5.91 Å². The second kappa shape index (κ2) is 7.96. The van der Waals surface area contributed by atoms with Crippen LogP contribution < -0.4 is 11.1 Å². The molecule has 1 unspecified atom stereocenters. The number of nitrogens with zero attached hydrogens (tertiary/aromatic N) is 2. The molecule has 0 aliphatic carbocycles. The van der Waals surface area contributed by atoms with Crippen LogP contribution in [0.5, 0.6) is 0 Å². The zero-order valence-electron chi connectivity index (χ0n) is 13.6. The second-order valence-electron chi connectivity index (χ2n) is 6.43. The first-order chi connectivity index (χ1) is 9.37. The molecule has 20 heavy (non-hydrogen) atoms.